The van der Waals surface area contributed by atoms with Crippen molar-refractivity contribution in [2.75, 3.05) is 0 Å². The molecule has 1 fully saturated rings. The van der Waals surface area contributed by atoms with E-state index in [1.54, 1.807) is 0 Å². The van der Waals surface area contributed by atoms with Gasteiger partial charge in [-0.3, -0.25) is 0 Å². The Morgan fingerprint density at radius 1 is 0.526 bits per heavy atom. The van der Waals surface area contributed by atoms with Crippen LogP contribution in [-0.4, -0.2) is 43.6 Å². The minimum absolute atomic E-state index is 0.197. The molecule has 0 aliphatic carbocycles. The molecule has 3 aromatic carbocycles. The molecule has 0 atom stereocenters. The molecule has 7 rings (SSSR count). The zero-order valence-corrected chi connectivity index (χ0v) is 21.4. The summed E-state index contributed by atoms with van der Waals surface area (Å²) in [5, 5.41) is 0. The van der Waals surface area contributed by atoms with Gasteiger partial charge in [-0.05, 0) is 30.0 Å². The zero-order chi connectivity index (χ0) is 25.3. The molecule has 178 valence electrons. The number of benzene rings is 3. The highest BCUT2D eigenvalue weighted by atomic mass is 32.2. The lowest BCUT2D eigenvalue weighted by Crippen LogP contribution is -2.65. The summed E-state index contributed by atoms with van der Waals surface area (Å²) in [4.78, 5) is 14.6. The van der Waals surface area contributed by atoms with Crippen molar-refractivity contribution >= 4 is 36.2 Å². The molecular weight excluding hydrogens is 483 g/mol. The highest BCUT2D eigenvalue weighted by Gasteiger charge is 2.46. The molecule has 1 saturated heterocycles. The first-order valence-corrected chi connectivity index (χ1v) is 13.7. The molecule has 0 unspecified atom stereocenters. The van der Waals surface area contributed by atoms with E-state index in [2.05, 4.69) is 82.4 Å². The SMILES string of the molecule is C1=CB2SB(c3ccc(-c4nc(-c5ccccc5)nc(-c5ccccc5)n4)cc3)N3C=CC=CB3N2C=C1. The number of aromatic nitrogens is 3. The molecule has 38 heavy (non-hydrogen) atoms. The van der Waals surface area contributed by atoms with Crippen LogP contribution in [0.3, 0.4) is 0 Å². The third-order valence-corrected chi connectivity index (χ3v) is 8.35. The zero-order valence-electron chi connectivity index (χ0n) is 20.6. The summed E-state index contributed by atoms with van der Waals surface area (Å²) in [5.41, 5.74) is 4.17. The first-order valence-electron chi connectivity index (χ1n) is 12.7. The summed E-state index contributed by atoms with van der Waals surface area (Å²) in [6, 6.07) is 28.9. The van der Waals surface area contributed by atoms with Crippen LogP contribution < -0.4 is 5.46 Å². The Morgan fingerprint density at radius 2 is 1.05 bits per heavy atom. The van der Waals surface area contributed by atoms with E-state index in [0.717, 1.165) is 16.7 Å². The molecule has 0 spiro atoms. The maximum atomic E-state index is 4.88. The van der Waals surface area contributed by atoms with Crippen LogP contribution in [0.1, 0.15) is 0 Å². The molecule has 4 aromatic rings. The summed E-state index contributed by atoms with van der Waals surface area (Å²) in [5.74, 6) is 6.55. The Kier molecular flexibility index (Phi) is 5.98. The van der Waals surface area contributed by atoms with Crippen molar-refractivity contribution in [3.05, 3.63) is 134 Å². The number of hydrogen-bond acceptors (Lipinski definition) is 6. The van der Waals surface area contributed by atoms with Crippen LogP contribution in [-0.2, 0) is 0 Å². The largest absolute Gasteiger partial charge is 0.433 e. The average Bonchev–Trinajstić information content (AvgIpc) is 3.01. The van der Waals surface area contributed by atoms with Gasteiger partial charge in [-0.25, -0.2) is 15.0 Å². The van der Waals surface area contributed by atoms with Crippen LogP contribution in [0.15, 0.2) is 134 Å². The van der Waals surface area contributed by atoms with E-state index in [1.165, 1.54) is 5.46 Å². The van der Waals surface area contributed by atoms with Crippen LogP contribution in [0.4, 0.5) is 0 Å². The summed E-state index contributed by atoms with van der Waals surface area (Å²) in [7, 11) is 0. The summed E-state index contributed by atoms with van der Waals surface area (Å²) >= 11 is 1.94. The van der Waals surface area contributed by atoms with Gasteiger partial charge in [0.1, 0.15) is 0 Å². The van der Waals surface area contributed by atoms with Gasteiger partial charge in [-0.1, -0.05) is 109 Å². The Hall–Kier alpha value is -4.23. The lowest BCUT2D eigenvalue weighted by atomic mass is 9.55. The van der Waals surface area contributed by atoms with Crippen molar-refractivity contribution in [3.63, 3.8) is 0 Å². The lowest BCUT2D eigenvalue weighted by molar-refractivity contribution is 0.769. The van der Waals surface area contributed by atoms with Gasteiger partial charge in [-0.2, -0.15) is 11.5 Å². The summed E-state index contributed by atoms with van der Waals surface area (Å²) in [6.45, 7) is 0.197. The highest BCUT2D eigenvalue weighted by Crippen LogP contribution is 2.32. The van der Waals surface area contributed by atoms with Gasteiger partial charge < -0.3 is 9.44 Å². The Morgan fingerprint density at radius 3 is 1.66 bits per heavy atom. The molecule has 0 saturated carbocycles. The van der Waals surface area contributed by atoms with E-state index in [-0.39, 0.29) is 13.1 Å². The molecule has 4 heterocycles. The van der Waals surface area contributed by atoms with E-state index in [4.69, 9.17) is 15.0 Å². The van der Waals surface area contributed by atoms with Gasteiger partial charge >= 0.3 is 19.2 Å². The van der Waals surface area contributed by atoms with Crippen molar-refractivity contribution in [3.8, 4) is 34.2 Å². The van der Waals surface area contributed by atoms with E-state index in [1.807, 2.05) is 72.1 Å². The maximum absolute atomic E-state index is 4.88. The molecule has 0 radical (unpaired) electrons. The fraction of sp³-hybridized carbons (Fsp3) is 0. The number of nitrogens with zero attached hydrogens (tertiary/aromatic N) is 5. The van der Waals surface area contributed by atoms with E-state index < -0.39 is 0 Å². The van der Waals surface area contributed by atoms with Gasteiger partial charge in [0, 0.05) is 16.7 Å². The second kappa shape index (κ2) is 9.91. The molecule has 5 nitrogen and oxygen atoms in total. The van der Waals surface area contributed by atoms with E-state index in [9.17, 15) is 0 Å². The molecule has 9 heteroatoms. The van der Waals surface area contributed by atoms with Crippen LogP contribution in [0.2, 0.25) is 0 Å². The molecule has 0 N–H and O–H groups in total. The Balaban J connectivity index is 1.25. The van der Waals surface area contributed by atoms with Crippen LogP contribution in [0.5, 0.6) is 0 Å². The molecular formula is C29H22B3N5S. The second-order valence-corrected chi connectivity index (χ2v) is 10.5. The standard InChI is InChI=1S/C29H22B3N5S/c1-3-11-23(12-4-1)27-33-28(24-13-5-2-6-14-24)35-29(34-27)25-15-17-26(18-16-25)32-37-22-9-7-19-30(37)36-21-10-8-20-31(36)38-32/h1-22H. The van der Waals surface area contributed by atoms with E-state index >= 15 is 0 Å². The summed E-state index contributed by atoms with van der Waals surface area (Å²) < 4.78 is 4.82. The molecule has 3 aliphatic heterocycles. The van der Waals surface area contributed by atoms with Crippen LogP contribution in [0.25, 0.3) is 34.2 Å². The van der Waals surface area contributed by atoms with Crippen molar-refractivity contribution < 1.29 is 0 Å². The summed E-state index contributed by atoms with van der Waals surface area (Å²) in [6.07, 6.45) is 13.4. The predicted molar refractivity (Wildman–Crippen MR) is 161 cm³/mol. The quantitative estimate of drug-likeness (QED) is 0.359. The third kappa shape index (κ3) is 4.29. The molecule has 0 amide bonds. The number of allylic oxidation sites excluding steroid dienone is 4. The smallest absolute Gasteiger partial charge is 0.378 e. The van der Waals surface area contributed by atoms with Crippen molar-refractivity contribution in [1.29, 1.82) is 0 Å². The fourth-order valence-electron chi connectivity index (χ4n) is 5.00. The monoisotopic (exact) mass is 505 g/mol. The topological polar surface area (TPSA) is 45.2 Å². The van der Waals surface area contributed by atoms with Crippen LogP contribution in [0, 0.1) is 0 Å². The Labute approximate surface area is 227 Å². The van der Waals surface area contributed by atoms with E-state index in [0.29, 0.717) is 23.6 Å². The maximum Gasteiger partial charge on any atom is 0.378 e. The molecule has 1 aromatic heterocycles. The number of fused-ring (bicyclic) bond motifs is 3. The van der Waals surface area contributed by atoms with Crippen molar-refractivity contribution in [2.45, 2.75) is 0 Å². The van der Waals surface area contributed by atoms with Gasteiger partial charge in [0.2, 0.25) is 0 Å². The van der Waals surface area contributed by atoms with Crippen LogP contribution >= 0.6 is 11.5 Å². The van der Waals surface area contributed by atoms with Gasteiger partial charge in [0.25, 0.3) is 0 Å². The first kappa shape index (κ1) is 22.9. The highest BCUT2D eigenvalue weighted by molar-refractivity contribution is 8.46. The van der Waals surface area contributed by atoms with Crippen molar-refractivity contribution in [1.82, 2.24) is 24.4 Å². The van der Waals surface area contributed by atoms with Gasteiger partial charge in [-0.15, -0.1) is 0 Å². The minimum atomic E-state index is 0.197. The molecule has 3 aliphatic rings. The molecule has 0 bridgehead atoms. The second-order valence-electron chi connectivity index (χ2n) is 9.30. The number of hydrogen-bond donors (Lipinski definition) is 0. The minimum Gasteiger partial charge on any atom is -0.433 e. The van der Waals surface area contributed by atoms with Gasteiger partial charge in [0.15, 0.2) is 17.5 Å². The lowest BCUT2D eigenvalue weighted by Gasteiger charge is -2.47. The first-order chi connectivity index (χ1) is 18.8. The van der Waals surface area contributed by atoms with Crippen molar-refractivity contribution in [2.24, 2.45) is 0 Å². The fourth-order valence-corrected chi connectivity index (χ4v) is 6.44. The third-order valence-electron chi connectivity index (χ3n) is 6.89. The average molecular weight is 505 g/mol. The Bertz CT molecular complexity index is 1520. The predicted octanol–water partition coefficient (Wildman–Crippen LogP) is 5.14. The van der Waals surface area contributed by atoms with Gasteiger partial charge in [0.05, 0.1) is 0 Å². The normalized spacial score (nSPS) is 15.6. The number of rotatable bonds is 4.